The summed E-state index contributed by atoms with van der Waals surface area (Å²) in [5, 5.41) is 5.01. The second kappa shape index (κ2) is 7.46. The molecule has 0 aliphatic heterocycles. The summed E-state index contributed by atoms with van der Waals surface area (Å²) in [5.41, 5.74) is 2.63. The Morgan fingerprint density at radius 2 is 1.67 bits per heavy atom. The second-order valence-corrected chi connectivity index (χ2v) is 6.86. The van der Waals surface area contributed by atoms with Gasteiger partial charge >= 0.3 is 5.97 Å². The molecule has 24 heavy (non-hydrogen) atoms. The SMILES string of the molecule is Cc1ccc(C(=O)OCCOc2ccc(S(N)(=O)=O)cc2)cc1C. The first kappa shape index (κ1) is 18.0. The van der Waals surface area contributed by atoms with Gasteiger partial charge in [-0.15, -0.1) is 0 Å². The summed E-state index contributed by atoms with van der Waals surface area (Å²) in [6.45, 7) is 4.15. The minimum Gasteiger partial charge on any atom is -0.490 e. The lowest BCUT2D eigenvalue weighted by Crippen LogP contribution is -2.13. The van der Waals surface area contributed by atoms with Crippen molar-refractivity contribution in [3.8, 4) is 5.75 Å². The zero-order valence-electron chi connectivity index (χ0n) is 13.5. The van der Waals surface area contributed by atoms with Gasteiger partial charge in [0.15, 0.2) is 0 Å². The molecule has 0 amide bonds. The van der Waals surface area contributed by atoms with E-state index in [1.807, 2.05) is 19.9 Å². The fourth-order valence-electron chi connectivity index (χ4n) is 1.97. The first-order valence-electron chi connectivity index (χ1n) is 7.27. The van der Waals surface area contributed by atoms with E-state index >= 15 is 0 Å². The molecule has 2 rings (SSSR count). The van der Waals surface area contributed by atoms with E-state index in [0.717, 1.165) is 11.1 Å². The predicted octanol–water partition coefficient (Wildman–Crippen LogP) is 2.19. The molecule has 0 atom stereocenters. The van der Waals surface area contributed by atoms with E-state index in [1.54, 1.807) is 12.1 Å². The highest BCUT2D eigenvalue weighted by atomic mass is 32.2. The minimum absolute atomic E-state index is 0.0102. The number of hydrogen-bond acceptors (Lipinski definition) is 5. The highest BCUT2D eigenvalue weighted by molar-refractivity contribution is 7.89. The van der Waals surface area contributed by atoms with E-state index in [9.17, 15) is 13.2 Å². The summed E-state index contributed by atoms with van der Waals surface area (Å²) in [4.78, 5) is 11.9. The Labute approximate surface area is 141 Å². The monoisotopic (exact) mass is 349 g/mol. The lowest BCUT2D eigenvalue weighted by atomic mass is 10.1. The molecule has 0 bridgehead atoms. The van der Waals surface area contributed by atoms with Gasteiger partial charge in [-0.2, -0.15) is 0 Å². The van der Waals surface area contributed by atoms with Crippen molar-refractivity contribution in [2.45, 2.75) is 18.7 Å². The number of aryl methyl sites for hydroxylation is 2. The maximum Gasteiger partial charge on any atom is 0.338 e. The highest BCUT2D eigenvalue weighted by Gasteiger charge is 2.09. The second-order valence-electron chi connectivity index (χ2n) is 5.30. The average Bonchev–Trinajstić information content (AvgIpc) is 2.53. The zero-order valence-corrected chi connectivity index (χ0v) is 14.3. The van der Waals surface area contributed by atoms with Crippen molar-refractivity contribution in [3.05, 3.63) is 59.2 Å². The number of sulfonamides is 1. The molecule has 0 heterocycles. The van der Waals surface area contributed by atoms with Gasteiger partial charge in [-0.25, -0.2) is 18.4 Å². The molecular weight excluding hydrogens is 330 g/mol. The van der Waals surface area contributed by atoms with E-state index in [-0.39, 0.29) is 18.1 Å². The summed E-state index contributed by atoms with van der Waals surface area (Å²) in [7, 11) is -3.72. The standard InChI is InChI=1S/C17H19NO5S/c1-12-3-4-14(11-13(12)2)17(19)23-10-9-22-15-5-7-16(8-6-15)24(18,20)21/h3-8,11H,9-10H2,1-2H3,(H2,18,20,21). The van der Waals surface area contributed by atoms with Crippen LogP contribution in [0, 0.1) is 13.8 Å². The van der Waals surface area contributed by atoms with Gasteiger partial charge in [0.1, 0.15) is 19.0 Å². The maximum absolute atomic E-state index is 11.9. The van der Waals surface area contributed by atoms with Crippen molar-refractivity contribution < 1.29 is 22.7 Å². The molecule has 0 aliphatic rings. The van der Waals surface area contributed by atoms with Crippen LogP contribution in [-0.4, -0.2) is 27.6 Å². The Morgan fingerprint density at radius 3 is 2.25 bits per heavy atom. The van der Waals surface area contributed by atoms with Crippen LogP contribution in [0.5, 0.6) is 5.75 Å². The molecule has 0 fully saturated rings. The average molecular weight is 349 g/mol. The van der Waals surface area contributed by atoms with Crippen LogP contribution in [0.3, 0.4) is 0 Å². The van der Waals surface area contributed by atoms with E-state index in [4.69, 9.17) is 14.6 Å². The van der Waals surface area contributed by atoms with E-state index in [2.05, 4.69) is 0 Å². The number of hydrogen-bond donors (Lipinski definition) is 1. The Kier molecular flexibility index (Phi) is 5.58. The minimum atomic E-state index is -3.72. The molecular formula is C17H19NO5S. The van der Waals surface area contributed by atoms with Crippen molar-refractivity contribution in [1.82, 2.24) is 0 Å². The number of nitrogens with two attached hydrogens (primary N) is 1. The van der Waals surface area contributed by atoms with Crippen LogP contribution in [0.1, 0.15) is 21.5 Å². The first-order chi connectivity index (χ1) is 11.3. The van der Waals surface area contributed by atoms with Crippen molar-refractivity contribution >= 4 is 16.0 Å². The van der Waals surface area contributed by atoms with Gasteiger partial charge in [0.05, 0.1) is 10.5 Å². The molecule has 2 aromatic rings. The predicted molar refractivity (Wildman–Crippen MR) is 89.5 cm³/mol. The number of benzene rings is 2. The van der Waals surface area contributed by atoms with Gasteiger partial charge in [-0.1, -0.05) is 6.07 Å². The van der Waals surface area contributed by atoms with Gasteiger partial charge in [0.2, 0.25) is 10.0 Å². The highest BCUT2D eigenvalue weighted by Crippen LogP contribution is 2.15. The van der Waals surface area contributed by atoms with Gasteiger partial charge in [0, 0.05) is 0 Å². The van der Waals surface area contributed by atoms with Crippen LogP contribution in [0.15, 0.2) is 47.4 Å². The lowest BCUT2D eigenvalue weighted by Gasteiger charge is -2.09. The molecule has 7 heteroatoms. The van der Waals surface area contributed by atoms with Gasteiger partial charge < -0.3 is 9.47 Å². The number of carbonyl (C=O) groups excluding carboxylic acids is 1. The van der Waals surface area contributed by atoms with E-state index < -0.39 is 16.0 Å². The molecule has 0 spiro atoms. The van der Waals surface area contributed by atoms with Crippen molar-refractivity contribution in [3.63, 3.8) is 0 Å². The Morgan fingerprint density at radius 1 is 1.00 bits per heavy atom. The van der Waals surface area contributed by atoms with Crippen LogP contribution in [0.2, 0.25) is 0 Å². The summed E-state index contributed by atoms with van der Waals surface area (Å²) >= 11 is 0. The van der Waals surface area contributed by atoms with Gasteiger partial charge in [-0.05, 0) is 61.4 Å². The third kappa shape index (κ3) is 4.81. The number of esters is 1. The molecule has 0 saturated heterocycles. The molecule has 0 aromatic heterocycles. The van der Waals surface area contributed by atoms with Crippen molar-refractivity contribution in [2.75, 3.05) is 13.2 Å². The van der Waals surface area contributed by atoms with Crippen molar-refractivity contribution in [1.29, 1.82) is 0 Å². The summed E-state index contributed by atoms with van der Waals surface area (Å²) < 4.78 is 32.8. The van der Waals surface area contributed by atoms with E-state index in [0.29, 0.717) is 11.3 Å². The number of carbonyl (C=O) groups is 1. The summed E-state index contributed by atoms with van der Waals surface area (Å²) in [6.07, 6.45) is 0. The van der Waals surface area contributed by atoms with Crippen LogP contribution in [-0.2, 0) is 14.8 Å². The maximum atomic E-state index is 11.9. The Balaban J connectivity index is 1.82. The molecule has 0 unspecified atom stereocenters. The smallest absolute Gasteiger partial charge is 0.338 e. The third-order valence-corrected chi connectivity index (χ3v) is 4.41. The quantitative estimate of drug-likeness (QED) is 0.637. The van der Waals surface area contributed by atoms with Crippen molar-refractivity contribution in [2.24, 2.45) is 5.14 Å². The third-order valence-electron chi connectivity index (χ3n) is 3.48. The summed E-state index contributed by atoms with van der Waals surface area (Å²) in [6, 6.07) is 11.1. The molecule has 0 saturated carbocycles. The first-order valence-corrected chi connectivity index (χ1v) is 8.82. The van der Waals surface area contributed by atoms with Gasteiger partial charge in [-0.3, -0.25) is 0 Å². The lowest BCUT2D eigenvalue weighted by molar-refractivity contribution is 0.0450. The number of primary sulfonamides is 1. The molecule has 0 radical (unpaired) electrons. The number of rotatable bonds is 6. The fraction of sp³-hybridized carbons (Fsp3) is 0.235. The Bertz CT molecular complexity index is 829. The molecule has 2 aromatic carbocycles. The zero-order chi connectivity index (χ0) is 17.7. The molecule has 0 aliphatic carbocycles. The normalized spacial score (nSPS) is 11.1. The van der Waals surface area contributed by atoms with Crippen LogP contribution in [0.25, 0.3) is 0 Å². The van der Waals surface area contributed by atoms with Crippen LogP contribution < -0.4 is 9.88 Å². The molecule has 128 valence electrons. The largest absolute Gasteiger partial charge is 0.490 e. The molecule has 6 nitrogen and oxygen atoms in total. The fourth-order valence-corrected chi connectivity index (χ4v) is 2.49. The topological polar surface area (TPSA) is 95.7 Å². The summed E-state index contributed by atoms with van der Waals surface area (Å²) in [5.74, 6) is 0.0518. The van der Waals surface area contributed by atoms with Crippen LogP contribution in [0.4, 0.5) is 0 Å². The van der Waals surface area contributed by atoms with E-state index in [1.165, 1.54) is 24.3 Å². The molecule has 2 N–H and O–H groups in total. The van der Waals surface area contributed by atoms with Gasteiger partial charge in [0.25, 0.3) is 0 Å². The van der Waals surface area contributed by atoms with Crippen LogP contribution >= 0.6 is 0 Å². The number of ether oxygens (including phenoxy) is 2. The Hall–Kier alpha value is -2.38.